The molecule has 4 heteroatoms. The summed E-state index contributed by atoms with van der Waals surface area (Å²) in [5, 5.41) is 0.0591. The predicted octanol–water partition coefficient (Wildman–Crippen LogP) is 0.806. The van der Waals surface area contributed by atoms with Crippen LogP contribution in [0.1, 0.15) is 12.8 Å². The van der Waals surface area contributed by atoms with Gasteiger partial charge in [-0.3, -0.25) is 0 Å². The maximum Gasteiger partial charge on any atom is 0.0503 e. The van der Waals surface area contributed by atoms with E-state index in [2.05, 4.69) is 15.9 Å². The molecule has 1 saturated carbocycles. The van der Waals surface area contributed by atoms with E-state index < -0.39 is 0 Å². The molecular formula is C6H12BrClN2. The second-order valence-electron chi connectivity index (χ2n) is 2.76. The average Bonchev–Trinajstić information content (AvgIpc) is 1.93. The lowest BCUT2D eigenvalue weighted by Crippen LogP contribution is -2.55. The van der Waals surface area contributed by atoms with Crippen LogP contribution >= 0.6 is 27.5 Å². The molecule has 0 heterocycles. The van der Waals surface area contributed by atoms with Gasteiger partial charge in [-0.15, -0.1) is 11.6 Å². The van der Waals surface area contributed by atoms with Crippen LogP contribution in [0.15, 0.2) is 0 Å². The van der Waals surface area contributed by atoms with Crippen LogP contribution in [0.2, 0.25) is 0 Å². The predicted molar refractivity (Wildman–Crippen MR) is 47.5 cm³/mol. The highest BCUT2D eigenvalue weighted by atomic mass is 79.9. The fraction of sp³-hybridized carbons (Fsp3) is 1.00. The molecule has 0 bridgehead atoms. The summed E-state index contributed by atoms with van der Waals surface area (Å²) in [6, 6.07) is -0.0453. The molecule has 1 rings (SSSR count). The molecule has 0 amide bonds. The Balaban J connectivity index is 2.52. The van der Waals surface area contributed by atoms with Crippen LogP contribution in [0.3, 0.4) is 0 Å². The first-order chi connectivity index (χ1) is 4.63. The van der Waals surface area contributed by atoms with Gasteiger partial charge in [-0.1, -0.05) is 15.9 Å². The Kier molecular flexibility index (Phi) is 2.98. The Bertz CT molecular complexity index is 108. The second kappa shape index (κ2) is 3.39. The van der Waals surface area contributed by atoms with Gasteiger partial charge in [-0.05, 0) is 12.8 Å². The van der Waals surface area contributed by atoms with Crippen LogP contribution in [-0.2, 0) is 0 Å². The lowest BCUT2D eigenvalue weighted by molar-refractivity contribution is 0.405. The van der Waals surface area contributed by atoms with Crippen molar-refractivity contribution in [1.29, 1.82) is 0 Å². The summed E-state index contributed by atoms with van der Waals surface area (Å²) >= 11 is 9.36. The summed E-state index contributed by atoms with van der Waals surface area (Å²) in [4.78, 5) is 0.345. The second-order valence-corrected chi connectivity index (χ2v) is 4.50. The van der Waals surface area contributed by atoms with Crippen molar-refractivity contribution in [2.45, 2.75) is 35.1 Å². The third-order valence-electron chi connectivity index (χ3n) is 2.00. The van der Waals surface area contributed by atoms with Crippen LogP contribution in [0.5, 0.6) is 0 Å². The molecule has 0 aromatic heterocycles. The Morgan fingerprint density at radius 3 is 2.30 bits per heavy atom. The molecule has 2 nitrogen and oxygen atoms in total. The van der Waals surface area contributed by atoms with Crippen molar-refractivity contribution >= 4 is 27.5 Å². The maximum atomic E-state index is 5.90. The molecule has 4 N–H and O–H groups in total. The van der Waals surface area contributed by atoms with Crippen LogP contribution in [0, 0.1) is 0 Å². The third kappa shape index (κ3) is 1.64. The van der Waals surface area contributed by atoms with Crippen LogP contribution in [0.4, 0.5) is 0 Å². The summed E-state index contributed by atoms with van der Waals surface area (Å²) in [6.07, 6.45) is 2.00. The molecule has 0 aromatic carbocycles. The highest BCUT2D eigenvalue weighted by Crippen LogP contribution is 2.25. The van der Waals surface area contributed by atoms with E-state index in [1.54, 1.807) is 0 Å². The molecule has 1 fully saturated rings. The van der Waals surface area contributed by atoms with Gasteiger partial charge < -0.3 is 11.5 Å². The molecule has 0 aromatic rings. The first-order valence-electron chi connectivity index (χ1n) is 3.42. The van der Waals surface area contributed by atoms with Crippen LogP contribution in [0.25, 0.3) is 0 Å². The number of nitrogens with two attached hydrogens (primary N) is 2. The Morgan fingerprint density at radius 1 is 1.20 bits per heavy atom. The van der Waals surface area contributed by atoms with Gasteiger partial charge in [0.05, 0.1) is 5.38 Å². The zero-order chi connectivity index (χ0) is 7.72. The summed E-state index contributed by atoms with van der Waals surface area (Å²) in [5.41, 5.74) is 11.5. The standard InChI is InChI=1S/C6H12BrClN2/c7-3-1-2-4(8)6(10)5(3)9/h3-6H,1-2,9-10H2. The fourth-order valence-corrected chi connectivity index (χ4v) is 2.10. The average molecular weight is 228 g/mol. The van der Waals surface area contributed by atoms with E-state index in [0.717, 1.165) is 12.8 Å². The summed E-state index contributed by atoms with van der Waals surface area (Å²) in [7, 11) is 0. The SMILES string of the molecule is NC1C(Cl)CCC(Br)C1N. The minimum atomic E-state index is -0.0557. The fourth-order valence-electron chi connectivity index (χ4n) is 1.19. The minimum Gasteiger partial charge on any atom is -0.325 e. The van der Waals surface area contributed by atoms with E-state index in [-0.39, 0.29) is 17.5 Å². The van der Waals surface area contributed by atoms with Gasteiger partial charge >= 0.3 is 0 Å². The van der Waals surface area contributed by atoms with Crippen molar-refractivity contribution < 1.29 is 0 Å². The van der Waals surface area contributed by atoms with Gasteiger partial charge in [-0.2, -0.15) is 0 Å². The topological polar surface area (TPSA) is 52.0 Å². The summed E-state index contributed by atoms with van der Waals surface area (Å²) in [6.45, 7) is 0. The van der Waals surface area contributed by atoms with Crippen molar-refractivity contribution in [2.75, 3.05) is 0 Å². The van der Waals surface area contributed by atoms with Crippen molar-refractivity contribution in [3.63, 3.8) is 0 Å². The highest BCUT2D eigenvalue weighted by Gasteiger charge is 2.32. The summed E-state index contributed by atoms with van der Waals surface area (Å²) in [5.74, 6) is 0. The molecule has 10 heavy (non-hydrogen) atoms. The lowest BCUT2D eigenvalue weighted by Gasteiger charge is -2.33. The van der Waals surface area contributed by atoms with Gasteiger partial charge in [0.2, 0.25) is 0 Å². The Labute approximate surface area is 74.4 Å². The van der Waals surface area contributed by atoms with Crippen LogP contribution in [-0.4, -0.2) is 22.3 Å². The molecule has 0 saturated heterocycles. The molecule has 60 valence electrons. The van der Waals surface area contributed by atoms with E-state index in [0.29, 0.717) is 4.83 Å². The highest BCUT2D eigenvalue weighted by molar-refractivity contribution is 9.09. The van der Waals surface area contributed by atoms with E-state index in [9.17, 15) is 0 Å². The zero-order valence-corrected chi connectivity index (χ0v) is 7.98. The number of rotatable bonds is 0. The van der Waals surface area contributed by atoms with Gasteiger partial charge in [0.25, 0.3) is 0 Å². The molecule has 0 aliphatic heterocycles. The van der Waals surface area contributed by atoms with Gasteiger partial charge in [0.15, 0.2) is 0 Å². The molecular weight excluding hydrogens is 215 g/mol. The molecule has 1 aliphatic rings. The van der Waals surface area contributed by atoms with E-state index in [4.69, 9.17) is 23.1 Å². The van der Waals surface area contributed by atoms with E-state index >= 15 is 0 Å². The first kappa shape index (κ1) is 8.78. The quantitative estimate of drug-likeness (QED) is 0.602. The maximum absolute atomic E-state index is 5.90. The smallest absolute Gasteiger partial charge is 0.0503 e. The first-order valence-corrected chi connectivity index (χ1v) is 4.77. The summed E-state index contributed by atoms with van der Waals surface area (Å²) < 4.78 is 0. The largest absolute Gasteiger partial charge is 0.325 e. The molecule has 4 unspecified atom stereocenters. The minimum absolute atomic E-state index is 0.0104. The Hall–Kier alpha value is 0.690. The lowest BCUT2D eigenvalue weighted by atomic mass is 9.91. The molecule has 1 aliphatic carbocycles. The van der Waals surface area contributed by atoms with Crippen molar-refractivity contribution in [3.8, 4) is 0 Å². The van der Waals surface area contributed by atoms with Gasteiger partial charge in [0.1, 0.15) is 0 Å². The van der Waals surface area contributed by atoms with Crippen molar-refractivity contribution in [1.82, 2.24) is 0 Å². The number of hydrogen-bond acceptors (Lipinski definition) is 2. The third-order valence-corrected chi connectivity index (χ3v) is 3.58. The molecule has 4 atom stereocenters. The number of alkyl halides is 2. The molecule has 0 spiro atoms. The van der Waals surface area contributed by atoms with E-state index in [1.165, 1.54) is 0 Å². The Morgan fingerprint density at radius 2 is 1.80 bits per heavy atom. The molecule has 0 radical (unpaired) electrons. The monoisotopic (exact) mass is 226 g/mol. The number of halogens is 2. The van der Waals surface area contributed by atoms with Crippen LogP contribution < -0.4 is 11.5 Å². The van der Waals surface area contributed by atoms with E-state index in [1.807, 2.05) is 0 Å². The van der Waals surface area contributed by atoms with Crippen molar-refractivity contribution in [3.05, 3.63) is 0 Å². The van der Waals surface area contributed by atoms with Gasteiger partial charge in [-0.25, -0.2) is 0 Å². The number of hydrogen-bond donors (Lipinski definition) is 2. The van der Waals surface area contributed by atoms with Crippen molar-refractivity contribution in [2.24, 2.45) is 11.5 Å². The normalized spacial score (nSPS) is 49.2. The zero-order valence-electron chi connectivity index (χ0n) is 5.63. The van der Waals surface area contributed by atoms with Gasteiger partial charge in [0, 0.05) is 16.9 Å².